The van der Waals surface area contributed by atoms with Crippen molar-refractivity contribution < 1.29 is 14.3 Å². The molecule has 0 spiro atoms. The number of nitrogens with zero attached hydrogens (tertiary/aromatic N) is 4. The summed E-state index contributed by atoms with van der Waals surface area (Å²) in [6.07, 6.45) is 2.43. The van der Waals surface area contributed by atoms with E-state index in [2.05, 4.69) is 5.10 Å². The Labute approximate surface area is 162 Å². The normalized spacial score (nSPS) is 17.0. The van der Waals surface area contributed by atoms with E-state index in [1.165, 1.54) is 0 Å². The van der Waals surface area contributed by atoms with Gasteiger partial charge in [-0.15, -0.1) is 11.3 Å². The lowest BCUT2D eigenvalue weighted by Gasteiger charge is -2.30. The van der Waals surface area contributed by atoms with E-state index in [4.69, 9.17) is 4.74 Å². The van der Waals surface area contributed by atoms with E-state index in [0.717, 1.165) is 39.5 Å². The highest BCUT2D eigenvalue weighted by atomic mass is 32.1. The molecule has 0 N–H and O–H groups in total. The van der Waals surface area contributed by atoms with E-state index in [1.807, 2.05) is 44.8 Å². The van der Waals surface area contributed by atoms with E-state index in [9.17, 15) is 9.59 Å². The zero-order valence-corrected chi connectivity index (χ0v) is 16.9. The quantitative estimate of drug-likeness (QED) is 0.753. The molecule has 2 aliphatic heterocycles. The molecule has 2 amide bonds. The van der Waals surface area contributed by atoms with Gasteiger partial charge < -0.3 is 14.5 Å². The van der Waals surface area contributed by atoms with Crippen LogP contribution in [-0.4, -0.2) is 57.3 Å². The molecule has 4 heterocycles. The van der Waals surface area contributed by atoms with Crippen LogP contribution >= 0.6 is 11.3 Å². The number of hydrogen-bond donors (Lipinski definition) is 0. The highest BCUT2D eigenvalue weighted by molar-refractivity contribution is 7.15. The van der Waals surface area contributed by atoms with Crippen molar-refractivity contribution in [2.45, 2.75) is 45.9 Å². The molecule has 0 aliphatic carbocycles. The first-order valence-electron chi connectivity index (χ1n) is 9.14. The van der Waals surface area contributed by atoms with Crippen molar-refractivity contribution in [2.75, 3.05) is 20.1 Å². The van der Waals surface area contributed by atoms with Crippen molar-refractivity contribution in [2.24, 2.45) is 0 Å². The fraction of sp³-hybridized carbons (Fsp3) is 0.526. The minimum absolute atomic E-state index is 0.0789. The van der Waals surface area contributed by atoms with Crippen molar-refractivity contribution >= 4 is 23.3 Å². The maximum atomic E-state index is 12.5. The third-order valence-electron chi connectivity index (χ3n) is 4.85. The lowest BCUT2D eigenvalue weighted by atomic mass is 10.1. The zero-order chi connectivity index (χ0) is 19.3. The van der Waals surface area contributed by atoms with Crippen LogP contribution in [0.4, 0.5) is 4.79 Å². The Morgan fingerprint density at radius 3 is 2.74 bits per heavy atom. The van der Waals surface area contributed by atoms with Crippen molar-refractivity contribution in [3.8, 4) is 10.4 Å². The molecule has 0 unspecified atom stereocenters. The summed E-state index contributed by atoms with van der Waals surface area (Å²) < 4.78 is 7.46. The molecule has 0 fully saturated rings. The largest absolute Gasteiger partial charge is 0.444 e. The lowest BCUT2D eigenvalue weighted by molar-refractivity contribution is 0.0195. The van der Waals surface area contributed by atoms with Crippen LogP contribution in [-0.2, 0) is 24.2 Å². The Morgan fingerprint density at radius 2 is 2.00 bits per heavy atom. The third-order valence-corrected chi connectivity index (χ3v) is 6.08. The highest BCUT2D eigenvalue weighted by Gasteiger charge is 2.30. The number of rotatable bonds is 1. The molecule has 8 heteroatoms. The smallest absolute Gasteiger partial charge is 0.410 e. The molecule has 4 rings (SSSR count). The van der Waals surface area contributed by atoms with Gasteiger partial charge in [-0.05, 0) is 26.8 Å². The van der Waals surface area contributed by atoms with Crippen LogP contribution in [0.2, 0.25) is 0 Å². The SMILES string of the molecule is CN1CCc2sc(-c3cnn4c3CN(C(=O)OC(C)(C)C)CC4)cc2C1=O. The molecule has 0 saturated heterocycles. The summed E-state index contributed by atoms with van der Waals surface area (Å²) in [5.41, 5.74) is 2.27. The second kappa shape index (κ2) is 6.37. The standard InChI is InChI=1S/C19H24N4O3S/c1-19(2,3)26-18(25)22-7-8-23-14(11-22)13(10-20-23)16-9-12-15(27-16)5-6-21(4)17(12)24/h9-10H,5-8,11H2,1-4H3. The van der Waals surface area contributed by atoms with Crippen LogP contribution in [0.1, 0.15) is 41.7 Å². The van der Waals surface area contributed by atoms with Gasteiger partial charge in [-0.1, -0.05) is 0 Å². The predicted octanol–water partition coefficient (Wildman–Crippen LogP) is 2.99. The van der Waals surface area contributed by atoms with Gasteiger partial charge in [0.1, 0.15) is 5.60 Å². The van der Waals surface area contributed by atoms with E-state index in [1.54, 1.807) is 21.1 Å². The van der Waals surface area contributed by atoms with E-state index < -0.39 is 5.60 Å². The number of carbonyl (C=O) groups excluding carboxylic acids is 2. The van der Waals surface area contributed by atoms with Crippen molar-refractivity contribution in [3.05, 3.63) is 28.4 Å². The molecule has 2 aliphatic rings. The maximum absolute atomic E-state index is 12.5. The van der Waals surface area contributed by atoms with Gasteiger partial charge in [0.2, 0.25) is 0 Å². The summed E-state index contributed by atoms with van der Waals surface area (Å²) in [4.78, 5) is 30.5. The van der Waals surface area contributed by atoms with Gasteiger partial charge in [-0.2, -0.15) is 5.10 Å². The minimum Gasteiger partial charge on any atom is -0.444 e. The lowest BCUT2D eigenvalue weighted by Crippen LogP contribution is -2.41. The Kier molecular flexibility index (Phi) is 4.25. The van der Waals surface area contributed by atoms with Crippen LogP contribution in [0.5, 0.6) is 0 Å². The zero-order valence-electron chi connectivity index (χ0n) is 16.1. The fourth-order valence-corrected chi connectivity index (χ4v) is 4.61. The summed E-state index contributed by atoms with van der Waals surface area (Å²) in [6, 6.07) is 1.97. The number of likely N-dealkylation sites (N-methyl/N-ethyl adjacent to an activating group) is 1. The summed E-state index contributed by atoms with van der Waals surface area (Å²) in [5.74, 6) is 0.0789. The van der Waals surface area contributed by atoms with Crippen LogP contribution in [0.15, 0.2) is 12.3 Å². The molecule has 0 radical (unpaired) electrons. The molecule has 144 valence electrons. The van der Waals surface area contributed by atoms with E-state index in [0.29, 0.717) is 19.6 Å². The van der Waals surface area contributed by atoms with E-state index >= 15 is 0 Å². The van der Waals surface area contributed by atoms with Crippen molar-refractivity contribution in [3.63, 3.8) is 0 Å². The molecule has 0 aromatic carbocycles. The summed E-state index contributed by atoms with van der Waals surface area (Å²) in [7, 11) is 1.84. The number of fused-ring (bicyclic) bond motifs is 2. The minimum atomic E-state index is -0.517. The number of aromatic nitrogens is 2. The summed E-state index contributed by atoms with van der Waals surface area (Å²) in [6.45, 7) is 8.04. The van der Waals surface area contributed by atoms with Gasteiger partial charge >= 0.3 is 6.09 Å². The average Bonchev–Trinajstić information content (AvgIpc) is 3.20. The molecule has 2 aromatic rings. The second-order valence-electron chi connectivity index (χ2n) is 8.05. The van der Waals surface area contributed by atoms with Crippen LogP contribution in [0.3, 0.4) is 0 Å². The molecular weight excluding hydrogens is 364 g/mol. The van der Waals surface area contributed by atoms with Crippen molar-refractivity contribution in [1.29, 1.82) is 0 Å². The topological polar surface area (TPSA) is 67.7 Å². The van der Waals surface area contributed by atoms with Crippen molar-refractivity contribution in [1.82, 2.24) is 19.6 Å². The number of carbonyl (C=O) groups is 2. The maximum Gasteiger partial charge on any atom is 0.410 e. The molecular formula is C19H24N4O3S. The molecule has 2 aromatic heterocycles. The van der Waals surface area contributed by atoms with Gasteiger partial charge in [0.25, 0.3) is 5.91 Å². The van der Waals surface area contributed by atoms with Crippen LogP contribution in [0, 0.1) is 0 Å². The first-order valence-corrected chi connectivity index (χ1v) is 9.96. The number of thiophene rings is 1. The fourth-order valence-electron chi connectivity index (χ4n) is 3.44. The van der Waals surface area contributed by atoms with Gasteiger partial charge in [-0.25, -0.2) is 4.79 Å². The molecule has 0 saturated carbocycles. The van der Waals surface area contributed by atoms with Crippen LogP contribution < -0.4 is 0 Å². The van der Waals surface area contributed by atoms with Gasteiger partial charge in [0, 0.05) is 41.9 Å². The highest BCUT2D eigenvalue weighted by Crippen LogP contribution is 2.37. The van der Waals surface area contributed by atoms with Gasteiger partial charge in [0.15, 0.2) is 0 Å². The van der Waals surface area contributed by atoms with Gasteiger partial charge in [0.05, 0.1) is 30.5 Å². The average molecular weight is 388 g/mol. The Balaban J connectivity index is 1.62. The molecule has 0 atom stereocenters. The summed E-state index contributed by atoms with van der Waals surface area (Å²) >= 11 is 1.66. The number of hydrogen-bond acceptors (Lipinski definition) is 5. The molecule has 27 heavy (non-hydrogen) atoms. The second-order valence-corrected chi connectivity index (χ2v) is 9.19. The van der Waals surface area contributed by atoms with E-state index in [-0.39, 0.29) is 12.0 Å². The number of amides is 2. The molecule has 7 nitrogen and oxygen atoms in total. The first-order chi connectivity index (χ1) is 12.7. The van der Waals surface area contributed by atoms with Crippen LogP contribution in [0.25, 0.3) is 10.4 Å². The first kappa shape index (κ1) is 18.0. The van der Waals surface area contributed by atoms with Gasteiger partial charge in [-0.3, -0.25) is 9.48 Å². The Hall–Kier alpha value is -2.35. The monoisotopic (exact) mass is 388 g/mol. The Morgan fingerprint density at radius 1 is 1.22 bits per heavy atom. The number of ether oxygens (including phenoxy) is 1. The predicted molar refractivity (Wildman–Crippen MR) is 103 cm³/mol. The summed E-state index contributed by atoms with van der Waals surface area (Å²) in [5, 5.41) is 4.49. The molecule has 0 bridgehead atoms. The Bertz CT molecular complexity index is 909. The third kappa shape index (κ3) is 3.34.